The van der Waals surface area contributed by atoms with Gasteiger partial charge in [-0.15, -0.1) is 0 Å². The molecule has 0 saturated carbocycles. The van der Waals surface area contributed by atoms with E-state index < -0.39 is 11.6 Å². The average Bonchev–Trinajstić information content (AvgIpc) is 3.03. The molecule has 1 fully saturated rings. The molecule has 2 aromatic rings. The van der Waals surface area contributed by atoms with Crippen LogP contribution in [0.25, 0.3) is 6.08 Å². The molecule has 1 N–H and O–H groups in total. The average molecular weight is 380 g/mol. The van der Waals surface area contributed by atoms with Gasteiger partial charge in [-0.1, -0.05) is 5.57 Å². The van der Waals surface area contributed by atoms with Gasteiger partial charge in [0.1, 0.15) is 23.2 Å². The Hall–Kier alpha value is -2.55. The summed E-state index contributed by atoms with van der Waals surface area (Å²) in [5, 5.41) is 3.16. The van der Waals surface area contributed by atoms with Crippen LogP contribution in [0, 0.1) is 18.6 Å². The van der Waals surface area contributed by atoms with Gasteiger partial charge >= 0.3 is 6.03 Å². The largest absolute Gasteiger partial charge is 0.497 e. The SMILES string of the molecule is COc1cc(F)c(C=C2CCN(C(=O)Nc3nc(C)ns3)CC2)c(F)c1. The number of nitrogens with zero attached hydrogens (tertiary/aromatic N) is 3. The van der Waals surface area contributed by atoms with Crippen LogP contribution in [0.15, 0.2) is 17.7 Å². The second-order valence-corrected chi connectivity index (χ2v) is 6.62. The first-order valence-corrected chi connectivity index (χ1v) is 8.82. The molecule has 0 unspecified atom stereocenters. The number of benzene rings is 1. The number of hydrogen-bond donors (Lipinski definition) is 1. The number of carbonyl (C=O) groups excluding carboxylic acids is 1. The van der Waals surface area contributed by atoms with Crippen LogP contribution in [-0.2, 0) is 0 Å². The fraction of sp³-hybridized carbons (Fsp3) is 0.353. The van der Waals surface area contributed by atoms with Gasteiger partial charge < -0.3 is 9.64 Å². The molecule has 2 heterocycles. The molecule has 0 spiro atoms. The van der Waals surface area contributed by atoms with Gasteiger partial charge in [-0.05, 0) is 25.8 Å². The van der Waals surface area contributed by atoms with E-state index in [1.54, 1.807) is 11.8 Å². The summed E-state index contributed by atoms with van der Waals surface area (Å²) >= 11 is 1.13. The van der Waals surface area contributed by atoms with Gasteiger partial charge in [0.2, 0.25) is 5.13 Å². The molecule has 1 aromatic heterocycles. The van der Waals surface area contributed by atoms with Crippen LogP contribution in [0.5, 0.6) is 5.75 Å². The topological polar surface area (TPSA) is 67.3 Å². The first-order valence-electron chi connectivity index (χ1n) is 8.05. The molecule has 1 aliphatic heterocycles. The van der Waals surface area contributed by atoms with Crippen molar-refractivity contribution in [2.75, 3.05) is 25.5 Å². The number of aryl methyl sites for hydroxylation is 1. The van der Waals surface area contributed by atoms with Gasteiger partial charge in [0.05, 0.1) is 7.11 Å². The van der Waals surface area contributed by atoms with Crippen LogP contribution in [0.4, 0.5) is 18.7 Å². The molecule has 0 bridgehead atoms. The summed E-state index contributed by atoms with van der Waals surface area (Å²) in [4.78, 5) is 18.0. The van der Waals surface area contributed by atoms with Crippen molar-refractivity contribution in [3.8, 4) is 5.75 Å². The minimum absolute atomic E-state index is 0.0805. The van der Waals surface area contributed by atoms with Crippen LogP contribution in [-0.4, -0.2) is 40.5 Å². The van der Waals surface area contributed by atoms with E-state index in [1.165, 1.54) is 13.2 Å². The van der Waals surface area contributed by atoms with Gasteiger partial charge in [0.25, 0.3) is 0 Å². The molecular weight excluding hydrogens is 362 g/mol. The van der Waals surface area contributed by atoms with Crippen molar-refractivity contribution in [3.05, 3.63) is 40.7 Å². The highest BCUT2D eigenvalue weighted by Crippen LogP contribution is 2.26. The Morgan fingerprint density at radius 3 is 2.50 bits per heavy atom. The lowest BCUT2D eigenvalue weighted by atomic mass is 10.0. The Bertz CT molecular complexity index is 820. The Labute approximate surface area is 153 Å². The maximum absolute atomic E-state index is 14.1. The first-order chi connectivity index (χ1) is 12.5. The number of rotatable bonds is 3. The zero-order valence-electron chi connectivity index (χ0n) is 14.4. The molecule has 3 rings (SSSR count). The lowest BCUT2D eigenvalue weighted by Gasteiger charge is -2.28. The number of likely N-dealkylation sites (tertiary alicyclic amines) is 1. The molecular formula is C17H18F2N4O2S. The minimum atomic E-state index is -0.666. The van der Waals surface area contributed by atoms with Gasteiger partial charge in [-0.25, -0.2) is 18.6 Å². The van der Waals surface area contributed by atoms with Crippen LogP contribution >= 0.6 is 11.5 Å². The second-order valence-electron chi connectivity index (χ2n) is 5.87. The lowest BCUT2D eigenvalue weighted by molar-refractivity contribution is 0.208. The second kappa shape index (κ2) is 7.77. The normalized spacial score (nSPS) is 14.3. The van der Waals surface area contributed by atoms with E-state index in [2.05, 4.69) is 14.7 Å². The first kappa shape index (κ1) is 18.2. The quantitative estimate of drug-likeness (QED) is 0.878. The molecule has 1 saturated heterocycles. The maximum Gasteiger partial charge on any atom is 0.323 e. The van der Waals surface area contributed by atoms with E-state index in [1.807, 2.05) is 0 Å². The predicted octanol–water partition coefficient (Wildman–Crippen LogP) is 3.84. The maximum atomic E-state index is 14.1. The Morgan fingerprint density at radius 1 is 1.31 bits per heavy atom. The monoisotopic (exact) mass is 380 g/mol. The third kappa shape index (κ3) is 4.16. The van der Waals surface area contributed by atoms with Crippen LogP contribution in [0.2, 0.25) is 0 Å². The van der Waals surface area contributed by atoms with Crippen molar-refractivity contribution in [2.24, 2.45) is 0 Å². The van der Waals surface area contributed by atoms with Crippen molar-refractivity contribution >= 4 is 28.8 Å². The van der Waals surface area contributed by atoms with E-state index in [9.17, 15) is 13.6 Å². The number of amides is 2. The summed E-state index contributed by atoms with van der Waals surface area (Å²) in [7, 11) is 1.36. The van der Waals surface area contributed by atoms with Gasteiger partial charge in [0.15, 0.2) is 0 Å². The number of ether oxygens (including phenoxy) is 1. The van der Waals surface area contributed by atoms with Crippen LogP contribution in [0.3, 0.4) is 0 Å². The minimum Gasteiger partial charge on any atom is -0.497 e. The molecule has 26 heavy (non-hydrogen) atoms. The molecule has 9 heteroatoms. The summed E-state index contributed by atoms with van der Waals surface area (Å²) in [6, 6.07) is 2.06. The van der Waals surface area contributed by atoms with Crippen molar-refractivity contribution in [1.29, 1.82) is 0 Å². The van der Waals surface area contributed by atoms with Gasteiger partial charge in [0, 0.05) is 42.3 Å². The summed E-state index contributed by atoms with van der Waals surface area (Å²) in [6.45, 7) is 2.69. The summed E-state index contributed by atoms with van der Waals surface area (Å²) in [6.07, 6.45) is 2.62. The smallest absolute Gasteiger partial charge is 0.323 e. The van der Waals surface area contributed by atoms with Gasteiger partial charge in [-0.3, -0.25) is 5.32 Å². The molecule has 1 aliphatic rings. The number of urea groups is 1. The molecule has 1 aromatic carbocycles. The standard InChI is InChI=1S/C17H18F2N4O2S/c1-10-20-16(26-22-10)21-17(24)23-5-3-11(4-6-23)7-13-14(18)8-12(25-2)9-15(13)19/h7-9H,3-6H2,1-2H3,(H,20,21,22,24). The summed E-state index contributed by atoms with van der Waals surface area (Å²) in [5.41, 5.74) is 0.812. The third-order valence-corrected chi connectivity index (χ3v) is 4.79. The number of piperidine rings is 1. The van der Waals surface area contributed by atoms with E-state index in [0.717, 1.165) is 29.2 Å². The number of anilines is 1. The lowest BCUT2D eigenvalue weighted by Crippen LogP contribution is -2.39. The molecule has 138 valence electrons. The molecule has 0 aliphatic carbocycles. The number of aromatic nitrogens is 2. The van der Waals surface area contributed by atoms with E-state index in [0.29, 0.717) is 36.9 Å². The summed E-state index contributed by atoms with van der Waals surface area (Å²) in [5.74, 6) is -0.583. The van der Waals surface area contributed by atoms with Crippen molar-refractivity contribution < 1.29 is 18.3 Å². The molecule has 6 nitrogen and oxygen atoms in total. The van der Waals surface area contributed by atoms with Gasteiger partial charge in [-0.2, -0.15) is 4.37 Å². The predicted molar refractivity (Wildman–Crippen MR) is 95.4 cm³/mol. The highest BCUT2D eigenvalue weighted by atomic mass is 32.1. The molecule has 0 radical (unpaired) electrons. The van der Waals surface area contributed by atoms with E-state index in [4.69, 9.17) is 4.74 Å². The Kier molecular flexibility index (Phi) is 5.46. The van der Waals surface area contributed by atoms with Crippen LogP contribution in [0.1, 0.15) is 24.2 Å². The Morgan fingerprint density at radius 2 is 1.96 bits per heavy atom. The highest BCUT2D eigenvalue weighted by molar-refractivity contribution is 7.09. The van der Waals surface area contributed by atoms with E-state index in [-0.39, 0.29) is 17.3 Å². The Balaban J connectivity index is 1.63. The number of halogens is 2. The zero-order chi connectivity index (χ0) is 18.7. The number of nitrogens with one attached hydrogen (secondary N) is 1. The fourth-order valence-electron chi connectivity index (χ4n) is 2.68. The summed E-state index contributed by atoms with van der Waals surface area (Å²) < 4.78 is 37.0. The highest BCUT2D eigenvalue weighted by Gasteiger charge is 2.21. The van der Waals surface area contributed by atoms with E-state index >= 15 is 0 Å². The van der Waals surface area contributed by atoms with Crippen molar-refractivity contribution in [3.63, 3.8) is 0 Å². The zero-order valence-corrected chi connectivity index (χ0v) is 15.2. The van der Waals surface area contributed by atoms with Crippen molar-refractivity contribution in [1.82, 2.24) is 14.3 Å². The number of methoxy groups -OCH3 is 1. The molecule has 0 atom stereocenters. The third-order valence-electron chi connectivity index (χ3n) is 4.07. The fourth-order valence-corrected chi connectivity index (χ4v) is 3.25. The number of carbonyl (C=O) groups is 1. The molecule has 2 amide bonds. The van der Waals surface area contributed by atoms with Crippen LogP contribution < -0.4 is 10.1 Å². The number of hydrogen-bond acceptors (Lipinski definition) is 5. The van der Waals surface area contributed by atoms with Crippen molar-refractivity contribution in [2.45, 2.75) is 19.8 Å².